The van der Waals surface area contributed by atoms with Gasteiger partial charge in [0.15, 0.2) is 0 Å². The van der Waals surface area contributed by atoms with E-state index in [0.29, 0.717) is 10.6 Å². The molecule has 0 fully saturated rings. The van der Waals surface area contributed by atoms with E-state index in [0.717, 1.165) is 18.0 Å². The summed E-state index contributed by atoms with van der Waals surface area (Å²) in [6.07, 6.45) is -3.74. The number of hydrogen-bond acceptors (Lipinski definition) is 3. The summed E-state index contributed by atoms with van der Waals surface area (Å²) in [6, 6.07) is 6.85. The molecule has 0 aromatic heterocycles. The maximum Gasteiger partial charge on any atom is 0.455 e. The van der Waals surface area contributed by atoms with E-state index in [2.05, 4.69) is 5.32 Å². The molecular weight excluding hydrogens is 239 g/mol. The Bertz CT molecular complexity index is 467. The van der Waals surface area contributed by atoms with Crippen molar-refractivity contribution in [3.8, 4) is 0 Å². The van der Waals surface area contributed by atoms with Crippen molar-refractivity contribution in [2.75, 3.05) is 5.32 Å². The fourth-order valence-corrected chi connectivity index (χ4v) is 2.16. The molecule has 2 nitrogen and oxygen atoms in total. The lowest BCUT2D eigenvalue weighted by Crippen LogP contribution is -2.24. The van der Waals surface area contributed by atoms with Crippen molar-refractivity contribution in [1.82, 2.24) is 0 Å². The Hall–Kier alpha value is -1.43. The first-order chi connectivity index (χ1) is 7.48. The molecule has 1 aromatic rings. The smallest absolute Gasteiger partial charge is 0.360 e. The first kappa shape index (κ1) is 11.1. The molecule has 0 saturated carbocycles. The second-order valence-electron chi connectivity index (χ2n) is 3.08. The first-order valence-corrected chi connectivity index (χ1v) is 5.15. The van der Waals surface area contributed by atoms with Crippen LogP contribution in [0.4, 0.5) is 18.9 Å². The highest BCUT2D eigenvalue weighted by Gasteiger charge is 2.41. The number of anilines is 1. The number of Topliss-reactive ketones (excluding diaryl/α,β-unsaturated/α-hetero) is 1. The summed E-state index contributed by atoms with van der Waals surface area (Å²) in [5.41, 5.74) is 0.700. The highest BCUT2D eigenvalue weighted by atomic mass is 32.2. The third kappa shape index (κ3) is 2.06. The number of carbonyl (C=O) groups excluding carboxylic acids is 1. The number of ketones is 1. The number of allylic oxidation sites excluding steroid dienone is 1. The standard InChI is InChI=1S/C10H6F3NOS/c11-10(12,13)9(15)8-5-14-6-3-1-2-4-7(6)16-8/h1-5,14H. The second-order valence-corrected chi connectivity index (χ2v) is 4.16. The summed E-state index contributed by atoms with van der Waals surface area (Å²) in [4.78, 5) is 11.2. The largest absolute Gasteiger partial charge is 0.455 e. The van der Waals surface area contributed by atoms with Gasteiger partial charge in [0.05, 0.1) is 10.6 Å². The number of para-hydroxylation sites is 1. The van der Waals surface area contributed by atoms with Crippen molar-refractivity contribution in [3.05, 3.63) is 35.4 Å². The van der Waals surface area contributed by atoms with E-state index in [-0.39, 0.29) is 4.91 Å². The Balaban J connectivity index is 2.25. The molecule has 0 amide bonds. The van der Waals surface area contributed by atoms with Gasteiger partial charge in [-0.25, -0.2) is 0 Å². The highest BCUT2D eigenvalue weighted by Crippen LogP contribution is 2.39. The predicted molar refractivity (Wildman–Crippen MR) is 55.1 cm³/mol. The Morgan fingerprint density at radius 2 is 1.94 bits per heavy atom. The molecule has 6 heteroatoms. The molecule has 1 aromatic carbocycles. The number of fused-ring (bicyclic) bond motifs is 1. The van der Waals surface area contributed by atoms with Crippen LogP contribution in [0.2, 0.25) is 0 Å². The second kappa shape index (κ2) is 3.86. The average Bonchev–Trinajstić information content (AvgIpc) is 2.26. The molecule has 2 rings (SSSR count). The molecule has 0 saturated heterocycles. The van der Waals surface area contributed by atoms with Crippen LogP contribution in [-0.2, 0) is 4.79 Å². The Morgan fingerprint density at radius 1 is 1.25 bits per heavy atom. The van der Waals surface area contributed by atoms with E-state index < -0.39 is 12.0 Å². The Labute approximate surface area is 93.5 Å². The van der Waals surface area contributed by atoms with Crippen molar-refractivity contribution < 1.29 is 18.0 Å². The lowest BCUT2D eigenvalue weighted by atomic mass is 10.3. The molecule has 1 aliphatic rings. The fourth-order valence-electron chi connectivity index (χ4n) is 1.22. The van der Waals surface area contributed by atoms with Crippen LogP contribution in [0, 0.1) is 0 Å². The maximum atomic E-state index is 12.2. The molecule has 84 valence electrons. The number of carbonyl (C=O) groups is 1. The minimum Gasteiger partial charge on any atom is -0.360 e. The zero-order valence-electron chi connectivity index (χ0n) is 7.84. The molecule has 16 heavy (non-hydrogen) atoms. The molecule has 1 heterocycles. The summed E-state index contributed by atoms with van der Waals surface area (Å²) < 4.78 is 36.5. The number of hydrogen-bond donors (Lipinski definition) is 1. The topological polar surface area (TPSA) is 29.1 Å². The van der Waals surface area contributed by atoms with Crippen molar-refractivity contribution in [2.24, 2.45) is 0 Å². The molecule has 0 spiro atoms. The van der Waals surface area contributed by atoms with Gasteiger partial charge in [0.1, 0.15) is 0 Å². The van der Waals surface area contributed by atoms with E-state index in [1.165, 1.54) is 0 Å². The van der Waals surface area contributed by atoms with Crippen molar-refractivity contribution in [1.29, 1.82) is 0 Å². The number of halogens is 3. The van der Waals surface area contributed by atoms with E-state index >= 15 is 0 Å². The molecule has 0 atom stereocenters. The SMILES string of the molecule is O=C(C1=CNc2ccccc2S1)C(F)(F)F. The van der Waals surface area contributed by atoms with E-state index in [4.69, 9.17) is 0 Å². The summed E-state index contributed by atoms with van der Waals surface area (Å²) in [5.74, 6) is -1.82. The van der Waals surface area contributed by atoms with Crippen LogP contribution in [0.25, 0.3) is 0 Å². The van der Waals surface area contributed by atoms with Gasteiger partial charge in [-0.2, -0.15) is 13.2 Å². The van der Waals surface area contributed by atoms with Crippen LogP contribution >= 0.6 is 11.8 Å². The number of rotatable bonds is 1. The van der Waals surface area contributed by atoms with Crippen LogP contribution in [0.3, 0.4) is 0 Å². The maximum absolute atomic E-state index is 12.2. The minimum atomic E-state index is -4.83. The lowest BCUT2D eigenvalue weighted by molar-refractivity contribution is -0.165. The van der Waals surface area contributed by atoms with Crippen LogP contribution in [-0.4, -0.2) is 12.0 Å². The van der Waals surface area contributed by atoms with Gasteiger partial charge in [-0.3, -0.25) is 4.79 Å². The van der Waals surface area contributed by atoms with Gasteiger partial charge in [-0.15, -0.1) is 0 Å². The van der Waals surface area contributed by atoms with Crippen molar-refractivity contribution in [2.45, 2.75) is 11.1 Å². The Kier molecular flexibility index (Phi) is 2.67. The monoisotopic (exact) mass is 245 g/mol. The highest BCUT2D eigenvalue weighted by molar-refractivity contribution is 8.04. The van der Waals surface area contributed by atoms with Crippen molar-refractivity contribution in [3.63, 3.8) is 0 Å². The summed E-state index contributed by atoms with van der Waals surface area (Å²) in [7, 11) is 0. The molecule has 0 bridgehead atoms. The van der Waals surface area contributed by atoms with Gasteiger partial charge >= 0.3 is 6.18 Å². The van der Waals surface area contributed by atoms with Crippen LogP contribution < -0.4 is 5.32 Å². The van der Waals surface area contributed by atoms with E-state index in [1.807, 2.05) is 0 Å². The van der Waals surface area contributed by atoms with Gasteiger partial charge in [0, 0.05) is 11.1 Å². The number of thioether (sulfide) groups is 1. The van der Waals surface area contributed by atoms with Crippen molar-refractivity contribution >= 4 is 23.2 Å². The quantitative estimate of drug-likeness (QED) is 0.823. The molecule has 0 radical (unpaired) electrons. The van der Waals surface area contributed by atoms with E-state index in [1.54, 1.807) is 24.3 Å². The number of alkyl halides is 3. The van der Waals surface area contributed by atoms with Gasteiger partial charge in [0.25, 0.3) is 5.78 Å². The van der Waals surface area contributed by atoms with Gasteiger partial charge < -0.3 is 5.32 Å². The number of nitrogens with one attached hydrogen (secondary N) is 1. The summed E-state index contributed by atoms with van der Waals surface area (Å²) >= 11 is 0.821. The Morgan fingerprint density at radius 3 is 2.62 bits per heavy atom. The average molecular weight is 245 g/mol. The minimum absolute atomic E-state index is 0.341. The lowest BCUT2D eigenvalue weighted by Gasteiger charge is -2.17. The molecule has 0 unspecified atom stereocenters. The zero-order valence-corrected chi connectivity index (χ0v) is 8.65. The van der Waals surface area contributed by atoms with Gasteiger partial charge in [0.2, 0.25) is 0 Å². The zero-order chi connectivity index (χ0) is 11.8. The third-order valence-electron chi connectivity index (χ3n) is 1.95. The third-order valence-corrected chi connectivity index (χ3v) is 3.05. The predicted octanol–water partition coefficient (Wildman–Crippen LogP) is 3.18. The molecular formula is C10H6F3NOS. The molecule has 0 aliphatic carbocycles. The van der Waals surface area contributed by atoms with Gasteiger partial charge in [-0.05, 0) is 12.1 Å². The normalized spacial score (nSPS) is 14.8. The number of benzene rings is 1. The van der Waals surface area contributed by atoms with Crippen LogP contribution in [0.1, 0.15) is 0 Å². The van der Waals surface area contributed by atoms with E-state index in [9.17, 15) is 18.0 Å². The fraction of sp³-hybridized carbons (Fsp3) is 0.100. The summed E-state index contributed by atoms with van der Waals surface area (Å²) in [5, 5.41) is 2.66. The van der Waals surface area contributed by atoms with Crippen LogP contribution in [0.5, 0.6) is 0 Å². The summed E-state index contributed by atoms with van der Waals surface area (Å²) in [6.45, 7) is 0. The van der Waals surface area contributed by atoms with Gasteiger partial charge in [-0.1, -0.05) is 23.9 Å². The van der Waals surface area contributed by atoms with Crippen LogP contribution in [0.15, 0.2) is 40.3 Å². The molecule has 1 aliphatic heterocycles. The molecule has 1 N–H and O–H groups in total. The first-order valence-electron chi connectivity index (χ1n) is 4.33.